The van der Waals surface area contributed by atoms with Crippen molar-refractivity contribution in [3.63, 3.8) is 0 Å². The van der Waals surface area contributed by atoms with E-state index in [-0.39, 0.29) is 43.7 Å². The zero-order chi connectivity index (χ0) is 20.8. The summed E-state index contributed by atoms with van der Waals surface area (Å²) in [6, 6.07) is 4.36. The van der Waals surface area contributed by atoms with Crippen LogP contribution in [0, 0.1) is 0 Å². The molecule has 29 heavy (non-hydrogen) atoms. The van der Waals surface area contributed by atoms with Gasteiger partial charge in [-0.3, -0.25) is 24.5 Å². The molecule has 10 nitrogen and oxygen atoms in total. The first-order chi connectivity index (χ1) is 14.0. The van der Waals surface area contributed by atoms with E-state index in [1.807, 2.05) is 0 Å². The van der Waals surface area contributed by atoms with Crippen LogP contribution in [0.25, 0.3) is 0 Å². The first-order valence-corrected chi connectivity index (χ1v) is 9.56. The number of nitrogens with zero attached hydrogens (tertiary/aromatic N) is 1. The Bertz CT molecular complexity index is 812. The molecule has 156 valence electrons. The lowest BCUT2D eigenvalue weighted by molar-refractivity contribution is -0.137. The van der Waals surface area contributed by atoms with E-state index in [0.29, 0.717) is 43.1 Å². The number of nitrogens with two attached hydrogens (primary N) is 1. The lowest BCUT2D eigenvalue weighted by atomic mass is 10.0. The molecule has 2 aliphatic heterocycles. The summed E-state index contributed by atoms with van der Waals surface area (Å²) in [5.74, 6) is -1.41. The topological polar surface area (TPSA) is 143 Å². The van der Waals surface area contributed by atoms with Crippen molar-refractivity contribution in [2.45, 2.75) is 25.4 Å². The Hall–Kier alpha value is -2.82. The molecule has 0 spiro atoms. The molecule has 4 amide bonds. The molecular formula is C19H25N5O5. The molecule has 0 aromatic heterocycles. The summed E-state index contributed by atoms with van der Waals surface area (Å²) in [6.07, 6.45) is 0.482. The molecule has 2 aliphatic rings. The van der Waals surface area contributed by atoms with Gasteiger partial charge in [0.25, 0.3) is 5.91 Å². The van der Waals surface area contributed by atoms with Crippen LogP contribution in [0.5, 0.6) is 0 Å². The summed E-state index contributed by atoms with van der Waals surface area (Å²) in [4.78, 5) is 49.9. The molecule has 5 N–H and O–H groups in total. The highest BCUT2D eigenvalue weighted by molar-refractivity contribution is 6.06. The van der Waals surface area contributed by atoms with Gasteiger partial charge in [-0.15, -0.1) is 0 Å². The first kappa shape index (κ1) is 20.9. The number of hydrogen-bond acceptors (Lipinski definition) is 7. The molecule has 1 saturated heterocycles. The number of fused-ring (bicyclic) bond motifs is 1. The Labute approximate surface area is 168 Å². The standard InChI is InChI=1S/C19H25N5O5/c20-6-7-21-8-9-29-11-17(26)22-14-3-1-2-12-13(14)10-24(19(12)28)15-4-5-16(25)23-18(15)27/h1-3,15,21H,4-11,20H2,(H,22,26)(H,23,25,27). The fourth-order valence-electron chi connectivity index (χ4n) is 3.43. The molecule has 0 aliphatic carbocycles. The number of nitrogens with one attached hydrogen (secondary N) is 3. The summed E-state index contributed by atoms with van der Waals surface area (Å²) in [5.41, 5.74) is 6.98. The van der Waals surface area contributed by atoms with E-state index in [1.165, 1.54) is 4.90 Å². The highest BCUT2D eigenvalue weighted by Gasteiger charge is 2.39. The van der Waals surface area contributed by atoms with Crippen LogP contribution >= 0.6 is 0 Å². The lowest BCUT2D eigenvalue weighted by Gasteiger charge is -2.29. The minimum atomic E-state index is -0.694. The summed E-state index contributed by atoms with van der Waals surface area (Å²) in [7, 11) is 0. The minimum Gasteiger partial charge on any atom is -0.370 e. The second-order valence-electron chi connectivity index (χ2n) is 6.87. The van der Waals surface area contributed by atoms with Crippen LogP contribution in [-0.2, 0) is 25.7 Å². The average Bonchev–Trinajstić information content (AvgIpc) is 3.02. The molecule has 0 radical (unpaired) electrons. The summed E-state index contributed by atoms with van der Waals surface area (Å²) < 4.78 is 5.32. The number of carbonyl (C=O) groups is 4. The third-order valence-electron chi connectivity index (χ3n) is 4.83. The van der Waals surface area contributed by atoms with E-state index < -0.39 is 11.9 Å². The summed E-state index contributed by atoms with van der Waals surface area (Å²) >= 11 is 0. The Morgan fingerprint density at radius 2 is 2.10 bits per heavy atom. The molecule has 1 aromatic rings. The van der Waals surface area contributed by atoms with E-state index in [1.54, 1.807) is 18.2 Å². The van der Waals surface area contributed by atoms with Gasteiger partial charge in [0, 0.05) is 49.4 Å². The average molecular weight is 403 g/mol. The van der Waals surface area contributed by atoms with Crippen molar-refractivity contribution >= 4 is 29.3 Å². The van der Waals surface area contributed by atoms with E-state index in [0.717, 1.165) is 0 Å². The van der Waals surface area contributed by atoms with Crippen molar-refractivity contribution in [3.8, 4) is 0 Å². The van der Waals surface area contributed by atoms with E-state index >= 15 is 0 Å². The van der Waals surface area contributed by atoms with Crippen LogP contribution in [0.1, 0.15) is 28.8 Å². The van der Waals surface area contributed by atoms with Crippen LogP contribution in [0.2, 0.25) is 0 Å². The molecule has 0 bridgehead atoms. The van der Waals surface area contributed by atoms with E-state index in [9.17, 15) is 19.2 Å². The van der Waals surface area contributed by atoms with Gasteiger partial charge in [0.1, 0.15) is 12.6 Å². The molecule has 2 heterocycles. The monoisotopic (exact) mass is 403 g/mol. The Morgan fingerprint density at radius 1 is 1.28 bits per heavy atom. The fourth-order valence-corrected chi connectivity index (χ4v) is 3.43. The van der Waals surface area contributed by atoms with Gasteiger partial charge in [0.05, 0.1) is 6.61 Å². The maximum atomic E-state index is 12.8. The van der Waals surface area contributed by atoms with Crippen LogP contribution in [0.15, 0.2) is 18.2 Å². The molecule has 10 heteroatoms. The quantitative estimate of drug-likeness (QED) is 0.304. The number of carbonyl (C=O) groups excluding carboxylic acids is 4. The number of rotatable bonds is 9. The van der Waals surface area contributed by atoms with Crippen LogP contribution in [-0.4, -0.2) is 67.4 Å². The third kappa shape index (κ3) is 4.97. The number of anilines is 1. The lowest BCUT2D eigenvalue weighted by Crippen LogP contribution is -2.52. The smallest absolute Gasteiger partial charge is 0.255 e. The van der Waals surface area contributed by atoms with Gasteiger partial charge < -0.3 is 26.0 Å². The van der Waals surface area contributed by atoms with Gasteiger partial charge >= 0.3 is 0 Å². The van der Waals surface area contributed by atoms with E-state index in [2.05, 4.69) is 16.0 Å². The highest BCUT2D eigenvalue weighted by Crippen LogP contribution is 2.32. The van der Waals surface area contributed by atoms with Crippen LogP contribution < -0.4 is 21.7 Å². The number of amides is 4. The predicted molar refractivity (Wildman–Crippen MR) is 104 cm³/mol. The van der Waals surface area contributed by atoms with Crippen molar-refractivity contribution < 1.29 is 23.9 Å². The maximum absolute atomic E-state index is 12.8. The van der Waals surface area contributed by atoms with Gasteiger partial charge in [0.15, 0.2) is 0 Å². The number of ether oxygens (including phenoxy) is 1. The van der Waals surface area contributed by atoms with Crippen molar-refractivity contribution in [1.29, 1.82) is 0 Å². The second kappa shape index (κ2) is 9.59. The molecular weight excluding hydrogens is 378 g/mol. The highest BCUT2D eigenvalue weighted by atomic mass is 16.5. The van der Waals surface area contributed by atoms with Crippen molar-refractivity contribution in [1.82, 2.24) is 15.5 Å². The van der Waals surface area contributed by atoms with Gasteiger partial charge in [-0.05, 0) is 18.6 Å². The summed E-state index contributed by atoms with van der Waals surface area (Å²) in [5, 5.41) is 8.10. The maximum Gasteiger partial charge on any atom is 0.255 e. The normalized spacial score (nSPS) is 18.6. The van der Waals surface area contributed by atoms with E-state index in [4.69, 9.17) is 10.5 Å². The number of imide groups is 1. The number of piperidine rings is 1. The molecule has 1 unspecified atom stereocenters. The van der Waals surface area contributed by atoms with Crippen molar-refractivity contribution in [2.75, 3.05) is 38.2 Å². The Balaban J connectivity index is 1.59. The molecule has 1 atom stereocenters. The second-order valence-corrected chi connectivity index (χ2v) is 6.87. The van der Waals surface area contributed by atoms with Crippen molar-refractivity contribution in [3.05, 3.63) is 29.3 Å². The molecule has 0 saturated carbocycles. The number of hydrogen-bond donors (Lipinski definition) is 4. The summed E-state index contributed by atoms with van der Waals surface area (Å²) in [6.45, 7) is 2.28. The zero-order valence-electron chi connectivity index (χ0n) is 16.0. The molecule has 1 fully saturated rings. The first-order valence-electron chi connectivity index (χ1n) is 9.56. The van der Waals surface area contributed by atoms with Crippen LogP contribution in [0.4, 0.5) is 5.69 Å². The van der Waals surface area contributed by atoms with Gasteiger partial charge in [0.2, 0.25) is 17.7 Å². The van der Waals surface area contributed by atoms with Gasteiger partial charge in [-0.2, -0.15) is 0 Å². The number of benzene rings is 1. The molecule has 1 aromatic carbocycles. The predicted octanol–water partition coefficient (Wildman–Crippen LogP) is -1.05. The minimum absolute atomic E-state index is 0.112. The van der Waals surface area contributed by atoms with Gasteiger partial charge in [-0.1, -0.05) is 6.07 Å². The van der Waals surface area contributed by atoms with Crippen molar-refractivity contribution in [2.24, 2.45) is 5.73 Å². The Kier molecular flexibility index (Phi) is 6.91. The largest absolute Gasteiger partial charge is 0.370 e. The SMILES string of the molecule is NCCNCCOCC(=O)Nc1cccc2c1CN(C1CCC(=O)NC1=O)C2=O. The zero-order valence-corrected chi connectivity index (χ0v) is 16.0. The molecule has 3 rings (SSSR count). The van der Waals surface area contributed by atoms with Crippen LogP contribution in [0.3, 0.4) is 0 Å². The Morgan fingerprint density at radius 3 is 2.86 bits per heavy atom. The van der Waals surface area contributed by atoms with Gasteiger partial charge in [-0.25, -0.2) is 0 Å². The fraction of sp³-hybridized carbons (Fsp3) is 0.474. The third-order valence-corrected chi connectivity index (χ3v) is 4.83.